The van der Waals surface area contributed by atoms with E-state index < -0.39 is 21.8 Å². The molecule has 1 aromatic carbocycles. The number of sulfonamides is 1. The van der Waals surface area contributed by atoms with Gasteiger partial charge in [-0.1, -0.05) is 27.7 Å². The van der Waals surface area contributed by atoms with E-state index in [-0.39, 0.29) is 16.9 Å². The fraction of sp³-hybridized carbons (Fsp3) is 0.500. The lowest BCUT2D eigenvalue weighted by Crippen LogP contribution is -2.26. The highest BCUT2D eigenvalue weighted by atomic mass is 32.2. The molecular weight excluding hydrogens is 292 g/mol. The van der Waals surface area contributed by atoms with Crippen molar-refractivity contribution in [3.05, 3.63) is 23.8 Å². The van der Waals surface area contributed by atoms with E-state index in [9.17, 15) is 13.2 Å². The second-order valence-electron chi connectivity index (χ2n) is 6.07. The van der Waals surface area contributed by atoms with Crippen LogP contribution in [0.5, 0.6) is 5.75 Å². The maximum absolute atomic E-state index is 11.5. The summed E-state index contributed by atoms with van der Waals surface area (Å²) in [7, 11) is -3.78. The van der Waals surface area contributed by atoms with Crippen molar-refractivity contribution < 1.29 is 17.9 Å². The Morgan fingerprint density at radius 1 is 1.33 bits per heavy atom. The molecule has 0 aliphatic carbocycles. The van der Waals surface area contributed by atoms with Gasteiger partial charge in [0, 0.05) is 5.56 Å². The van der Waals surface area contributed by atoms with E-state index in [0.717, 1.165) is 0 Å². The molecule has 6 nitrogen and oxygen atoms in total. The van der Waals surface area contributed by atoms with Gasteiger partial charge in [-0.05, 0) is 23.6 Å². The van der Waals surface area contributed by atoms with Crippen LogP contribution in [0.3, 0.4) is 0 Å². The minimum absolute atomic E-state index is 0.0303. The topological polar surface area (TPSA) is 112 Å². The van der Waals surface area contributed by atoms with Crippen molar-refractivity contribution >= 4 is 15.9 Å². The smallest absolute Gasteiger partial charge is 0.238 e. The zero-order valence-corrected chi connectivity index (χ0v) is 13.5. The van der Waals surface area contributed by atoms with Gasteiger partial charge in [-0.15, -0.1) is 0 Å². The van der Waals surface area contributed by atoms with Gasteiger partial charge in [-0.2, -0.15) is 0 Å². The quantitative estimate of drug-likeness (QED) is 0.848. The molecule has 4 N–H and O–H groups in total. The molecule has 0 saturated heterocycles. The molecule has 1 rings (SSSR count). The number of hydrogen-bond acceptors (Lipinski definition) is 4. The van der Waals surface area contributed by atoms with Crippen LogP contribution in [0.4, 0.5) is 0 Å². The summed E-state index contributed by atoms with van der Waals surface area (Å²) in [5.41, 5.74) is 5.55. The lowest BCUT2D eigenvalue weighted by atomic mass is 9.86. The number of benzene rings is 1. The highest BCUT2D eigenvalue weighted by Gasteiger charge is 2.22. The summed E-state index contributed by atoms with van der Waals surface area (Å²) >= 11 is 0. The van der Waals surface area contributed by atoms with Crippen molar-refractivity contribution in [1.29, 1.82) is 0 Å². The molecule has 1 amide bonds. The number of ether oxygens (including phenoxy) is 1. The minimum Gasteiger partial charge on any atom is -0.492 e. The Balaban J connectivity index is 3.18. The van der Waals surface area contributed by atoms with Crippen molar-refractivity contribution in [2.45, 2.75) is 38.0 Å². The Labute approximate surface area is 125 Å². The molecule has 1 aromatic rings. The van der Waals surface area contributed by atoms with Crippen LogP contribution in [0.15, 0.2) is 23.1 Å². The first-order valence-electron chi connectivity index (χ1n) is 6.52. The fourth-order valence-corrected chi connectivity index (χ4v) is 2.23. The zero-order valence-electron chi connectivity index (χ0n) is 12.7. The number of primary amides is 1. The number of primary sulfonamides is 1. The van der Waals surface area contributed by atoms with E-state index in [4.69, 9.17) is 15.6 Å². The predicted octanol–water partition coefficient (Wildman–Crippen LogP) is 1.13. The average molecular weight is 314 g/mol. The number of hydrogen-bond donors (Lipinski definition) is 2. The van der Waals surface area contributed by atoms with Crippen molar-refractivity contribution in [2.75, 3.05) is 6.61 Å². The summed E-state index contributed by atoms with van der Waals surface area (Å²) in [6.07, 6.45) is 0. The summed E-state index contributed by atoms with van der Waals surface area (Å²) < 4.78 is 28.5. The molecule has 0 aliphatic heterocycles. The van der Waals surface area contributed by atoms with Gasteiger partial charge in [-0.3, -0.25) is 4.79 Å². The van der Waals surface area contributed by atoms with Crippen molar-refractivity contribution in [2.24, 2.45) is 16.8 Å². The third kappa shape index (κ3) is 4.71. The van der Waals surface area contributed by atoms with Crippen LogP contribution in [0.1, 0.15) is 33.3 Å². The van der Waals surface area contributed by atoms with Crippen LogP contribution in [-0.4, -0.2) is 20.9 Å². The van der Waals surface area contributed by atoms with Crippen molar-refractivity contribution in [3.8, 4) is 5.75 Å². The van der Waals surface area contributed by atoms with Gasteiger partial charge in [0.05, 0.1) is 17.4 Å². The lowest BCUT2D eigenvalue weighted by molar-refractivity contribution is -0.122. The van der Waals surface area contributed by atoms with E-state index in [2.05, 4.69) is 0 Å². The number of amides is 1. The number of nitrogens with two attached hydrogens (primary N) is 2. The summed E-state index contributed by atoms with van der Waals surface area (Å²) in [5, 5.41) is 5.15. The van der Waals surface area contributed by atoms with Crippen LogP contribution in [0.25, 0.3) is 0 Å². The molecule has 0 heterocycles. The Morgan fingerprint density at radius 3 is 2.33 bits per heavy atom. The average Bonchev–Trinajstić information content (AvgIpc) is 2.33. The molecule has 0 radical (unpaired) electrons. The maximum Gasteiger partial charge on any atom is 0.238 e. The minimum atomic E-state index is -3.78. The largest absolute Gasteiger partial charge is 0.492 e. The number of carbonyl (C=O) groups excluding carboxylic acids is 1. The second-order valence-corrected chi connectivity index (χ2v) is 7.63. The molecule has 0 saturated carbocycles. The Morgan fingerprint density at radius 2 is 1.90 bits per heavy atom. The molecule has 0 aromatic heterocycles. The van der Waals surface area contributed by atoms with Crippen molar-refractivity contribution in [1.82, 2.24) is 0 Å². The number of rotatable bonds is 5. The van der Waals surface area contributed by atoms with Gasteiger partial charge in [0.25, 0.3) is 0 Å². The van der Waals surface area contributed by atoms with Crippen LogP contribution < -0.4 is 15.6 Å². The third-order valence-electron chi connectivity index (χ3n) is 3.06. The van der Waals surface area contributed by atoms with E-state index in [1.54, 1.807) is 13.0 Å². The summed E-state index contributed by atoms with van der Waals surface area (Å²) in [6, 6.07) is 4.43. The van der Waals surface area contributed by atoms with Crippen LogP contribution in [-0.2, 0) is 20.2 Å². The predicted molar refractivity (Wildman–Crippen MR) is 80.4 cm³/mol. The van der Waals surface area contributed by atoms with Crippen LogP contribution in [0.2, 0.25) is 0 Å². The van der Waals surface area contributed by atoms with E-state index in [1.807, 2.05) is 20.8 Å². The summed E-state index contributed by atoms with van der Waals surface area (Å²) in [5.74, 6) is -0.368. The normalized spacial score (nSPS) is 13.8. The SMILES string of the molecule is CC(COc1ccc(S(N)(=O)=O)cc1C(C)(C)C)C(N)=O. The van der Waals surface area contributed by atoms with Gasteiger partial charge < -0.3 is 10.5 Å². The molecule has 0 fully saturated rings. The molecule has 1 unspecified atom stereocenters. The molecule has 21 heavy (non-hydrogen) atoms. The van der Waals surface area contributed by atoms with E-state index >= 15 is 0 Å². The summed E-state index contributed by atoms with van der Waals surface area (Å²) in [4.78, 5) is 11.1. The highest BCUT2D eigenvalue weighted by Crippen LogP contribution is 2.33. The van der Waals surface area contributed by atoms with Gasteiger partial charge in [0.1, 0.15) is 5.75 Å². The number of carbonyl (C=O) groups is 1. The maximum atomic E-state index is 11.5. The Hall–Kier alpha value is -1.60. The van der Waals surface area contributed by atoms with Gasteiger partial charge >= 0.3 is 0 Å². The second kappa shape index (κ2) is 6.03. The fourth-order valence-electron chi connectivity index (χ4n) is 1.69. The van der Waals surface area contributed by atoms with E-state index in [0.29, 0.717) is 11.3 Å². The monoisotopic (exact) mass is 314 g/mol. The highest BCUT2D eigenvalue weighted by molar-refractivity contribution is 7.89. The first-order chi connectivity index (χ1) is 9.43. The lowest BCUT2D eigenvalue weighted by Gasteiger charge is -2.24. The Kier molecular flexibility index (Phi) is 5.01. The molecule has 0 spiro atoms. The zero-order chi connectivity index (χ0) is 16.4. The van der Waals surface area contributed by atoms with Crippen LogP contribution >= 0.6 is 0 Å². The molecule has 0 aliphatic rings. The summed E-state index contributed by atoms with van der Waals surface area (Å²) in [6.45, 7) is 7.59. The standard InChI is InChI=1S/C14H22N2O4S/c1-9(13(15)17)8-20-12-6-5-10(21(16,18)19)7-11(12)14(2,3)4/h5-7,9H,8H2,1-4H3,(H2,15,17)(H2,16,18,19). The van der Waals surface area contributed by atoms with Gasteiger partial charge in [-0.25, -0.2) is 13.6 Å². The Bertz CT molecular complexity index is 633. The van der Waals surface area contributed by atoms with Gasteiger partial charge in [0.2, 0.25) is 15.9 Å². The third-order valence-corrected chi connectivity index (χ3v) is 3.97. The molecule has 118 valence electrons. The van der Waals surface area contributed by atoms with Crippen molar-refractivity contribution in [3.63, 3.8) is 0 Å². The van der Waals surface area contributed by atoms with Gasteiger partial charge in [0.15, 0.2) is 0 Å². The first-order valence-corrected chi connectivity index (χ1v) is 8.07. The molecule has 7 heteroatoms. The van der Waals surface area contributed by atoms with E-state index in [1.165, 1.54) is 12.1 Å². The molecule has 1 atom stereocenters. The first kappa shape index (κ1) is 17.5. The molecular formula is C14H22N2O4S. The van der Waals surface area contributed by atoms with Crippen LogP contribution in [0, 0.1) is 5.92 Å². The molecule has 0 bridgehead atoms.